The Hall–Kier alpha value is -3.49. The minimum atomic E-state index is -2.98. The Labute approximate surface area is 159 Å². The molecule has 0 bridgehead atoms. The van der Waals surface area contributed by atoms with E-state index >= 15 is 0 Å². The Morgan fingerprint density at radius 3 is 2.50 bits per heavy atom. The number of methoxy groups -OCH3 is 1. The number of aryl methyl sites for hydroxylation is 2. The summed E-state index contributed by atoms with van der Waals surface area (Å²) in [6.45, 7) is 0.358. The third-order valence-electron chi connectivity index (χ3n) is 3.83. The largest absolute Gasteiger partial charge is 0.493 e. The Morgan fingerprint density at radius 1 is 1.18 bits per heavy atom. The van der Waals surface area contributed by atoms with Crippen molar-refractivity contribution in [2.45, 2.75) is 20.5 Å². The Morgan fingerprint density at radius 2 is 1.89 bits per heavy atom. The van der Waals surface area contributed by atoms with E-state index in [0.29, 0.717) is 22.4 Å². The summed E-state index contributed by atoms with van der Waals surface area (Å²) in [4.78, 5) is 22.7. The van der Waals surface area contributed by atoms with Crippen LogP contribution in [0, 0.1) is 24.0 Å². The summed E-state index contributed by atoms with van der Waals surface area (Å²) in [5.74, 6) is -0.539. The lowest BCUT2D eigenvalue weighted by Crippen LogP contribution is -2.09. The summed E-state index contributed by atoms with van der Waals surface area (Å²) in [7, 11) is 1.31. The smallest absolute Gasteiger partial charge is 0.387 e. The number of hydrogen-bond acceptors (Lipinski definition) is 5. The lowest BCUT2D eigenvalue weighted by Gasteiger charge is -2.10. The number of rotatable bonds is 7. The molecule has 148 valence electrons. The van der Waals surface area contributed by atoms with Crippen LogP contribution in [0.5, 0.6) is 11.5 Å². The van der Waals surface area contributed by atoms with E-state index in [9.17, 15) is 23.7 Å². The molecule has 2 aromatic carbocycles. The van der Waals surface area contributed by atoms with E-state index in [2.05, 4.69) is 10.1 Å². The van der Waals surface area contributed by atoms with Crippen LogP contribution in [0.25, 0.3) is 6.08 Å². The third kappa shape index (κ3) is 5.26. The fourth-order valence-electron chi connectivity index (χ4n) is 2.50. The molecule has 0 aromatic heterocycles. The van der Waals surface area contributed by atoms with Crippen molar-refractivity contribution in [3.05, 3.63) is 63.2 Å². The SMILES string of the molecule is COc1cc(C=CC(=O)Nc2cc([N+](=O)[O-])c(C)cc2C)ccc1OC(F)F. The number of carbonyl (C=O) groups is 1. The standard InChI is InChI=1S/C19H18F2N2O5/c1-11-8-12(2)15(23(25)26)10-14(11)22-18(24)7-5-13-4-6-16(28-19(20)21)17(9-13)27-3/h4-10,19H,1-3H3,(H,22,24). The van der Waals surface area contributed by atoms with Crippen LogP contribution in [0.4, 0.5) is 20.2 Å². The third-order valence-corrected chi connectivity index (χ3v) is 3.83. The van der Waals surface area contributed by atoms with Gasteiger partial charge in [0.2, 0.25) is 5.91 Å². The summed E-state index contributed by atoms with van der Waals surface area (Å²) in [5.41, 5.74) is 1.92. The van der Waals surface area contributed by atoms with Gasteiger partial charge in [0.25, 0.3) is 5.69 Å². The van der Waals surface area contributed by atoms with Crippen molar-refractivity contribution in [2.75, 3.05) is 12.4 Å². The van der Waals surface area contributed by atoms with Crippen LogP contribution in [0.15, 0.2) is 36.4 Å². The average Bonchev–Trinajstić information content (AvgIpc) is 2.62. The molecule has 0 aliphatic heterocycles. The highest BCUT2D eigenvalue weighted by molar-refractivity contribution is 6.02. The highest BCUT2D eigenvalue weighted by atomic mass is 19.3. The Kier molecular flexibility index (Phi) is 6.64. The quantitative estimate of drug-likeness (QED) is 0.426. The fraction of sp³-hybridized carbons (Fsp3) is 0.211. The first-order chi connectivity index (χ1) is 13.2. The molecule has 7 nitrogen and oxygen atoms in total. The van der Waals surface area contributed by atoms with E-state index < -0.39 is 17.4 Å². The molecule has 0 aliphatic carbocycles. The summed E-state index contributed by atoms with van der Waals surface area (Å²) in [6, 6.07) is 7.13. The minimum Gasteiger partial charge on any atom is -0.493 e. The van der Waals surface area contributed by atoms with Gasteiger partial charge in [0.05, 0.1) is 17.7 Å². The number of nitro groups is 1. The number of halogens is 2. The molecule has 28 heavy (non-hydrogen) atoms. The number of amides is 1. The lowest BCUT2D eigenvalue weighted by molar-refractivity contribution is -0.385. The van der Waals surface area contributed by atoms with Gasteiger partial charge in [-0.2, -0.15) is 8.78 Å². The molecule has 1 N–H and O–H groups in total. The molecule has 0 heterocycles. The van der Waals surface area contributed by atoms with E-state index in [1.165, 1.54) is 43.5 Å². The van der Waals surface area contributed by atoms with Gasteiger partial charge >= 0.3 is 6.61 Å². The van der Waals surface area contributed by atoms with Gasteiger partial charge in [-0.25, -0.2) is 0 Å². The van der Waals surface area contributed by atoms with E-state index in [4.69, 9.17) is 4.74 Å². The number of ether oxygens (including phenoxy) is 2. The molecule has 0 radical (unpaired) electrons. The van der Waals surface area contributed by atoms with Crippen LogP contribution in [0.3, 0.4) is 0 Å². The summed E-state index contributed by atoms with van der Waals surface area (Å²) >= 11 is 0. The maximum atomic E-state index is 12.3. The number of alkyl halides is 2. The van der Waals surface area contributed by atoms with Crippen molar-refractivity contribution in [1.29, 1.82) is 0 Å². The highest BCUT2D eigenvalue weighted by Crippen LogP contribution is 2.30. The van der Waals surface area contributed by atoms with Gasteiger partial charge in [0.1, 0.15) is 0 Å². The summed E-state index contributed by atoms with van der Waals surface area (Å²) in [6.07, 6.45) is 2.66. The highest BCUT2D eigenvalue weighted by Gasteiger charge is 2.14. The first-order valence-electron chi connectivity index (χ1n) is 8.08. The Bertz CT molecular complexity index is 929. The lowest BCUT2D eigenvalue weighted by atomic mass is 10.1. The Balaban J connectivity index is 2.16. The zero-order chi connectivity index (χ0) is 20.8. The molecular formula is C19H18F2N2O5. The summed E-state index contributed by atoms with van der Waals surface area (Å²) in [5, 5.41) is 13.6. The second kappa shape index (κ2) is 8.94. The number of nitrogens with zero attached hydrogens (tertiary/aromatic N) is 1. The molecule has 0 fully saturated rings. The van der Waals surface area contributed by atoms with Crippen LogP contribution in [-0.2, 0) is 4.79 Å². The number of benzene rings is 2. The molecule has 0 atom stereocenters. The van der Waals surface area contributed by atoms with E-state index in [-0.39, 0.29) is 17.2 Å². The monoisotopic (exact) mass is 392 g/mol. The maximum Gasteiger partial charge on any atom is 0.387 e. The number of nitrogens with one attached hydrogen (secondary N) is 1. The first kappa shape index (κ1) is 20.8. The molecule has 0 aliphatic rings. The number of anilines is 1. The average molecular weight is 392 g/mol. The van der Waals surface area contributed by atoms with Crippen LogP contribution in [0.1, 0.15) is 16.7 Å². The van der Waals surface area contributed by atoms with Crippen LogP contribution >= 0.6 is 0 Å². The molecule has 0 saturated carbocycles. The van der Waals surface area contributed by atoms with Gasteiger partial charge in [0.15, 0.2) is 11.5 Å². The van der Waals surface area contributed by atoms with E-state index in [1.807, 2.05) is 0 Å². The summed E-state index contributed by atoms with van der Waals surface area (Å²) < 4.78 is 34.0. The van der Waals surface area contributed by atoms with E-state index in [1.54, 1.807) is 19.9 Å². The predicted octanol–water partition coefficient (Wildman–Crippen LogP) is 4.47. The van der Waals surface area contributed by atoms with Gasteiger partial charge in [-0.15, -0.1) is 0 Å². The number of nitro benzene ring substituents is 1. The predicted molar refractivity (Wildman–Crippen MR) is 99.9 cm³/mol. The molecule has 2 rings (SSSR count). The van der Waals surface area contributed by atoms with Gasteiger partial charge in [0, 0.05) is 17.7 Å². The molecule has 9 heteroatoms. The van der Waals surface area contributed by atoms with Crippen LogP contribution in [-0.4, -0.2) is 24.6 Å². The normalized spacial score (nSPS) is 10.9. The van der Waals surface area contributed by atoms with Gasteiger partial charge in [-0.3, -0.25) is 14.9 Å². The second-order valence-corrected chi connectivity index (χ2v) is 5.82. The minimum absolute atomic E-state index is 0.0906. The first-order valence-corrected chi connectivity index (χ1v) is 8.08. The molecule has 1 amide bonds. The number of hydrogen-bond donors (Lipinski definition) is 1. The zero-order valence-electron chi connectivity index (χ0n) is 15.4. The topological polar surface area (TPSA) is 90.7 Å². The van der Waals surface area contributed by atoms with Crippen molar-refractivity contribution >= 4 is 23.4 Å². The molecular weight excluding hydrogens is 374 g/mol. The van der Waals surface area contributed by atoms with E-state index in [0.717, 1.165) is 0 Å². The van der Waals surface area contributed by atoms with Crippen molar-refractivity contribution in [3.8, 4) is 11.5 Å². The fourth-order valence-corrected chi connectivity index (χ4v) is 2.50. The van der Waals surface area contributed by atoms with Crippen LogP contribution < -0.4 is 14.8 Å². The van der Waals surface area contributed by atoms with Gasteiger partial charge in [-0.1, -0.05) is 6.07 Å². The van der Waals surface area contributed by atoms with Crippen molar-refractivity contribution in [3.63, 3.8) is 0 Å². The van der Waals surface area contributed by atoms with Crippen molar-refractivity contribution in [2.24, 2.45) is 0 Å². The molecule has 0 saturated heterocycles. The zero-order valence-corrected chi connectivity index (χ0v) is 15.4. The molecule has 2 aromatic rings. The van der Waals surface area contributed by atoms with Crippen molar-refractivity contribution in [1.82, 2.24) is 0 Å². The van der Waals surface area contributed by atoms with Gasteiger partial charge in [-0.05, 0) is 49.2 Å². The number of carbonyl (C=O) groups excluding carboxylic acids is 1. The van der Waals surface area contributed by atoms with Crippen molar-refractivity contribution < 1.29 is 28.0 Å². The maximum absolute atomic E-state index is 12.3. The second-order valence-electron chi connectivity index (χ2n) is 5.82. The van der Waals surface area contributed by atoms with Gasteiger partial charge < -0.3 is 14.8 Å². The van der Waals surface area contributed by atoms with Crippen LogP contribution in [0.2, 0.25) is 0 Å². The molecule has 0 spiro atoms. The molecule has 0 unspecified atom stereocenters.